The van der Waals surface area contributed by atoms with Gasteiger partial charge in [-0.25, -0.2) is 4.98 Å². The quantitative estimate of drug-likeness (QED) is 0.785. The second kappa shape index (κ2) is 5.95. The highest BCUT2D eigenvalue weighted by molar-refractivity contribution is 5.72. The van der Waals surface area contributed by atoms with Crippen molar-refractivity contribution in [3.8, 4) is 0 Å². The van der Waals surface area contributed by atoms with Crippen molar-refractivity contribution >= 4 is 11.1 Å². The van der Waals surface area contributed by atoms with Crippen LogP contribution < -0.4 is 5.73 Å². The van der Waals surface area contributed by atoms with Crippen LogP contribution in [0.15, 0.2) is 29.0 Å². The summed E-state index contributed by atoms with van der Waals surface area (Å²) >= 11 is 0. The Hall–Kier alpha value is -1.43. The Kier molecular flexibility index (Phi) is 4.30. The van der Waals surface area contributed by atoms with Crippen LogP contribution >= 0.6 is 0 Å². The standard InChI is InChI=1S/C13H19N3O2/c1-16(7-11(14)8-17)5-4-10-2-3-12-13(6-10)18-9-15-12/h2-3,6,9,11,17H,4-5,7-8,14H2,1H3. The molecule has 5 heteroatoms. The summed E-state index contributed by atoms with van der Waals surface area (Å²) in [7, 11) is 2.00. The van der Waals surface area contributed by atoms with Crippen LogP contribution in [0.1, 0.15) is 5.56 Å². The Labute approximate surface area is 106 Å². The van der Waals surface area contributed by atoms with Gasteiger partial charge in [-0.1, -0.05) is 6.07 Å². The Balaban J connectivity index is 1.89. The maximum Gasteiger partial charge on any atom is 0.181 e. The number of rotatable bonds is 6. The number of hydrogen-bond acceptors (Lipinski definition) is 5. The zero-order valence-electron chi connectivity index (χ0n) is 10.5. The predicted octanol–water partition coefficient (Wildman–Crippen LogP) is 0.622. The van der Waals surface area contributed by atoms with Gasteiger partial charge in [-0.15, -0.1) is 0 Å². The van der Waals surface area contributed by atoms with E-state index in [0.717, 1.165) is 24.1 Å². The first-order valence-corrected chi connectivity index (χ1v) is 6.06. The number of nitrogens with zero attached hydrogens (tertiary/aromatic N) is 2. The summed E-state index contributed by atoms with van der Waals surface area (Å²) in [5.41, 5.74) is 8.61. The molecule has 1 aromatic heterocycles. The number of likely N-dealkylation sites (N-methyl/N-ethyl adjacent to an activating group) is 1. The molecule has 98 valence electrons. The summed E-state index contributed by atoms with van der Waals surface area (Å²) < 4.78 is 5.27. The third-order valence-electron chi connectivity index (χ3n) is 2.96. The van der Waals surface area contributed by atoms with Crippen LogP contribution in [0.3, 0.4) is 0 Å². The maximum absolute atomic E-state index is 8.89. The summed E-state index contributed by atoms with van der Waals surface area (Å²) in [6, 6.07) is 5.87. The third-order valence-corrected chi connectivity index (χ3v) is 2.96. The monoisotopic (exact) mass is 249 g/mol. The van der Waals surface area contributed by atoms with E-state index in [0.29, 0.717) is 6.54 Å². The molecule has 1 heterocycles. The van der Waals surface area contributed by atoms with Crippen molar-refractivity contribution < 1.29 is 9.52 Å². The van der Waals surface area contributed by atoms with Crippen molar-refractivity contribution in [2.24, 2.45) is 5.73 Å². The number of aliphatic hydroxyl groups excluding tert-OH is 1. The van der Waals surface area contributed by atoms with E-state index < -0.39 is 0 Å². The number of hydrogen-bond donors (Lipinski definition) is 2. The molecule has 0 saturated carbocycles. The van der Waals surface area contributed by atoms with Gasteiger partial charge in [-0.3, -0.25) is 0 Å². The van der Waals surface area contributed by atoms with Gasteiger partial charge in [0.1, 0.15) is 5.52 Å². The molecule has 0 aliphatic heterocycles. The molecule has 0 aliphatic carbocycles. The van der Waals surface area contributed by atoms with E-state index in [-0.39, 0.29) is 12.6 Å². The Morgan fingerprint density at radius 2 is 2.33 bits per heavy atom. The molecular formula is C13H19N3O2. The van der Waals surface area contributed by atoms with E-state index in [4.69, 9.17) is 15.3 Å². The van der Waals surface area contributed by atoms with Crippen LogP contribution in [0.5, 0.6) is 0 Å². The van der Waals surface area contributed by atoms with Crippen LogP contribution in [-0.2, 0) is 6.42 Å². The molecule has 0 amide bonds. The second-order valence-electron chi connectivity index (χ2n) is 4.61. The fraction of sp³-hybridized carbons (Fsp3) is 0.462. The van der Waals surface area contributed by atoms with E-state index >= 15 is 0 Å². The molecule has 0 spiro atoms. The van der Waals surface area contributed by atoms with E-state index in [9.17, 15) is 0 Å². The highest BCUT2D eigenvalue weighted by Crippen LogP contribution is 2.14. The molecule has 2 rings (SSSR count). The van der Waals surface area contributed by atoms with Gasteiger partial charge < -0.3 is 20.2 Å². The van der Waals surface area contributed by atoms with Gasteiger partial charge >= 0.3 is 0 Å². The lowest BCUT2D eigenvalue weighted by atomic mass is 10.1. The van der Waals surface area contributed by atoms with Gasteiger partial charge in [-0.2, -0.15) is 0 Å². The summed E-state index contributed by atoms with van der Waals surface area (Å²) in [4.78, 5) is 6.20. The normalized spacial score (nSPS) is 13.3. The minimum atomic E-state index is -0.174. The lowest BCUT2D eigenvalue weighted by Gasteiger charge is -2.19. The average Bonchev–Trinajstić information content (AvgIpc) is 2.83. The van der Waals surface area contributed by atoms with Crippen LogP contribution in [-0.4, -0.2) is 47.8 Å². The number of nitrogens with two attached hydrogens (primary N) is 1. The van der Waals surface area contributed by atoms with Crippen molar-refractivity contribution in [2.75, 3.05) is 26.7 Å². The SMILES string of the molecule is CN(CCc1ccc2ncoc2c1)CC(N)CO. The first kappa shape index (κ1) is 13.0. The number of aromatic nitrogens is 1. The zero-order chi connectivity index (χ0) is 13.0. The highest BCUT2D eigenvalue weighted by Gasteiger charge is 2.06. The van der Waals surface area contributed by atoms with Gasteiger partial charge in [0, 0.05) is 19.1 Å². The molecule has 0 radical (unpaired) electrons. The van der Waals surface area contributed by atoms with Crippen LogP contribution in [0.4, 0.5) is 0 Å². The van der Waals surface area contributed by atoms with Crippen molar-refractivity contribution in [1.82, 2.24) is 9.88 Å². The molecule has 1 aromatic carbocycles. The molecule has 2 aromatic rings. The fourth-order valence-electron chi connectivity index (χ4n) is 1.92. The van der Waals surface area contributed by atoms with Gasteiger partial charge in [0.15, 0.2) is 12.0 Å². The summed E-state index contributed by atoms with van der Waals surface area (Å²) in [5, 5.41) is 8.89. The largest absolute Gasteiger partial charge is 0.443 e. The molecule has 18 heavy (non-hydrogen) atoms. The number of benzene rings is 1. The van der Waals surface area contributed by atoms with Crippen LogP contribution in [0.2, 0.25) is 0 Å². The topological polar surface area (TPSA) is 75.5 Å². The van der Waals surface area contributed by atoms with E-state index in [2.05, 4.69) is 16.0 Å². The second-order valence-corrected chi connectivity index (χ2v) is 4.61. The molecule has 0 bridgehead atoms. The van der Waals surface area contributed by atoms with Gasteiger partial charge in [0.2, 0.25) is 0 Å². The lowest BCUT2D eigenvalue weighted by Crippen LogP contribution is -2.38. The van der Waals surface area contributed by atoms with Gasteiger partial charge in [-0.05, 0) is 31.2 Å². The molecule has 0 aliphatic rings. The minimum absolute atomic E-state index is 0.0222. The zero-order valence-corrected chi connectivity index (χ0v) is 10.5. The molecule has 5 nitrogen and oxygen atoms in total. The fourth-order valence-corrected chi connectivity index (χ4v) is 1.92. The number of fused-ring (bicyclic) bond motifs is 1. The first-order chi connectivity index (χ1) is 8.69. The van der Waals surface area contributed by atoms with Crippen molar-refractivity contribution in [3.63, 3.8) is 0 Å². The Bertz CT molecular complexity index is 498. The molecule has 0 saturated heterocycles. The van der Waals surface area contributed by atoms with Crippen molar-refractivity contribution in [3.05, 3.63) is 30.2 Å². The summed E-state index contributed by atoms with van der Waals surface area (Å²) in [6.07, 6.45) is 2.38. The lowest BCUT2D eigenvalue weighted by molar-refractivity contribution is 0.223. The van der Waals surface area contributed by atoms with E-state index in [1.807, 2.05) is 19.2 Å². The minimum Gasteiger partial charge on any atom is -0.443 e. The molecule has 3 N–H and O–H groups in total. The molecule has 1 unspecified atom stereocenters. The third kappa shape index (κ3) is 3.29. The van der Waals surface area contributed by atoms with E-state index in [1.165, 1.54) is 12.0 Å². The molecular weight excluding hydrogens is 230 g/mol. The van der Waals surface area contributed by atoms with Crippen molar-refractivity contribution in [2.45, 2.75) is 12.5 Å². The number of oxazole rings is 1. The van der Waals surface area contributed by atoms with Crippen LogP contribution in [0, 0.1) is 0 Å². The molecule has 1 atom stereocenters. The number of aliphatic hydroxyl groups is 1. The highest BCUT2D eigenvalue weighted by atomic mass is 16.3. The first-order valence-electron chi connectivity index (χ1n) is 6.06. The average molecular weight is 249 g/mol. The summed E-state index contributed by atoms with van der Waals surface area (Å²) in [6.45, 7) is 1.61. The molecule has 0 fully saturated rings. The predicted molar refractivity (Wildman–Crippen MR) is 70.3 cm³/mol. The van der Waals surface area contributed by atoms with Gasteiger partial charge in [0.05, 0.1) is 6.61 Å². The summed E-state index contributed by atoms with van der Waals surface area (Å²) in [5.74, 6) is 0. The smallest absolute Gasteiger partial charge is 0.181 e. The van der Waals surface area contributed by atoms with Gasteiger partial charge in [0.25, 0.3) is 0 Å². The van der Waals surface area contributed by atoms with E-state index in [1.54, 1.807) is 0 Å². The maximum atomic E-state index is 8.89. The Morgan fingerprint density at radius 1 is 1.50 bits per heavy atom. The van der Waals surface area contributed by atoms with Crippen molar-refractivity contribution in [1.29, 1.82) is 0 Å². The Morgan fingerprint density at radius 3 is 3.11 bits per heavy atom. The van der Waals surface area contributed by atoms with Crippen LogP contribution in [0.25, 0.3) is 11.1 Å².